The van der Waals surface area contributed by atoms with Crippen LogP contribution in [0.15, 0.2) is 47.4 Å². The molecule has 0 saturated carbocycles. The van der Waals surface area contributed by atoms with Gasteiger partial charge in [0.05, 0.1) is 23.7 Å². The van der Waals surface area contributed by atoms with Gasteiger partial charge >= 0.3 is 0 Å². The Morgan fingerprint density at radius 2 is 1.59 bits per heavy atom. The fourth-order valence-corrected chi connectivity index (χ4v) is 6.29. The van der Waals surface area contributed by atoms with Crippen LogP contribution in [-0.2, 0) is 27.7 Å². The van der Waals surface area contributed by atoms with Crippen molar-refractivity contribution < 1.29 is 17.9 Å². The van der Waals surface area contributed by atoms with Gasteiger partial charge in [-0.3, -0.25) is 4.79 Å². The number of morpholine rings is 1. The van der Waals surface area contributed by atoms with Crippen molar-refractivity contribution in [3.8, 4) is 0 Å². The quantitative estimate of drug-likeness (QED) is 0.709. The van der Waals surface area contributed by atoms with Crippen molar-refractivity contribution in [3.05, 3.63) is 59.2 Å². The highest BCUT2D eigenvalue weighted by Crippen LogP contribution is 2.31. The fraction of sp³-hybridized carbons (Fsp3) is 0.458. The third-order valence-corrected chi connectivity index (χ3v) is 8.57. The molecule has 0 unspecified atom stereocenters. The van der Waals surface area contributed by atoms with Gasteiger partial charge < -0.3 is 14.5 Å². The Kier molecular flexibility index (Phi) is 5.92. The lowest BCUT2D eigenvalue weighted by molar-refractivity contribution is 0.0727. The van der Waals surface area contributed by atoms with Crippen LogP contribution in [0.2, 0.25) is 0 Å². The molecular weight excluding hydrogens is 426 g/mol. The fourth-order valence-electron chi connectivity index (χ4n) is 4.86. The lowest BCUT2D eigenvalue weighted by Crippen LogP contribution is -2.41. The Hall–Kier alpha value is -2.42. The van der Waals surface area contributed by atoms with Gasteiger partial charge in [-0.05, 0) is 48.6 Å². The van der Waals surface area contributed by atoms with Gasteiger partial charge in [0.2, 0.25) is 10.0 Å². The highest BCUT2D eigenvalue weighted by Gasteiger charge is 2.31. The van der Waals surface area contributed by atoms with Crippen LogP contribution in [-0.4, -0.2) is 69.5 Å². The highest BCUT2D eigenvalue weighted by molar-refractivity contribution is 7.89. The minimum absolute atomic E-state index is 0.0968. The first-order valence-corrected chi connectivity index (χ1v) is 12.8. The number of hydrogen-bond donors (Lipinski definition) is 0. The van der Waals surface area contributed by atoms with Crippen LogP contribution in [0.3, 0.4) is 0 Å². The van der Waals surface area contributed by atoms with E-state index in [-0.39, 0.29) is 10.8 Å². The molecule has 3 aliphatic heterocycles. The molecular formula is C24H29N3O4S. The molecule has 2 fully saturated rings. The average Bonchev–Trinajstić information content (AvgIpc) is 3.38. The van der Waals surface area contributed by atoms with E-state index >= 15 is 0 Å². The maximum Gasteiger partial charge on any atom is 0.256 e. The number of carbonyl (C=O) groups is 1. The predicted molar refractivity (Wildman–Crippen MR) is 122 cm³/mol. The molecule has 0 radical (unpaired) electrons. The Labute approximate surface area is 189 Å². The summed E-state index contributed by atoms with van der Waals surface area (Å²) in [4.78, 5) is 18.0. The van der Waals surface area contributed by atoms with Gasteiger partial charge in [-0.15, -0.1) is 0 Å². The van der Waals surface area contributed by atoms with Gasteiger partial charge in [0.1, 0.15) is 0 Å². The maximum atomic E-state index is 13.7. The molecule has 0 aromatic heterocycles. The van der Waals surface area contributed by atoms with Crippen LogP contribution in [0, 0.1) is 0 Å². The molecule has 7 nitrogen and oxygen atoms in total. The van der Waals surface area contributed by atoms with Crippen LogP contribution in [0.1, 0.15) is 34.3 Å². The number of ether oxygens (including phenoxy) is 1. The smallest absolute Gasteiger partial charge is 0.256 e. The van der Waals surface area contributed by atoms with E-state index in [0.717, 1.165) is 43.6 Å². The molecule has 2 saturated heterocycles. The first-order valence-electron chi connectivity index (χ1n) is 11.4. The normalized spacial score (nSPS) is 19.8. The Bertz CT molecular complexity index is 1110. The Morgan fingerprint density at radius 1 is 0.875 bits per heavy atom. The molecule has 2 aromatic rings. The van der Waals surface area contributed by atoms with Crippen LogP contribution in [0.4, 0.5) is 5.69 Å². The molecule has 0 bridgehead atoms. The molecule has 1 amide bonds. The lowest BCUT2D eigenvalue weighted by atomic mass is 9.99. The summed E-state index contributed by atoms with van der Waals surface area (Å²) >= 11 is 0. The van der Waals surface area contributed by atoms with E-state index < -0.39 is 10.0 Å². The summed E-state index contributed by atoms with van der Waals surface area (Å²) in [5, 5.41) is 0. The van der Waals surface area contributed by atoms with Crippen molar-refractivity contribution in [2.75, 3.05) is 50.8 Å². The van der Waals surface area contributed by atoms with E-state index in [2.05, 4.69) is 17.0 Å². The summed E-state index contributed by atoms with van der Waals surface area (Å²) < 4.78 is 33.3. The van der Waals surface area contributed by atoms with Crippen LogP contribution in [0.5, 0.6) is 0 Å². The summed E-state index contributed by atoms with van der Waals surface area (Å²) in [5.74, 6) is -0.0968. The summed E-state index contributed by atoms with van der Waals surface area (Å²) in [7, 11) is -3.67. The molecule has 3 aliphatic rings. The third kappa shape index (κ3) is 4.02. The predicted octanol–water partition coefficient (Wildman–Crippen LogP) is 2.51. The van der Waals surface area contributed by atoms with Crippen molar-refractivity contribution in [3.63, 3.8) is 0 Å². The molecule has 8 heteroatoms. The molecule has 32 heavy (non-hydrogen) atoms. The Balaban J connectivity index is 1.50. The second-order valence-corrected chi connectivity index (χ2v) is 10.6. The van der Waals surface area contributed by atoms with E-state index in [0.29, 0.717) is 45.0 Å². The number of amides is 1. The van der Waals surface area contributed by atoms with Crippen molar-refractivity contribution in [1.82, 2.24) is 9.21 Å². The number of benzene rings is 2. The SMILES string of the molecule is O=C(c1cc(S(=O)(=O)N2CCOCC2)ccc1N1CCCC1)N1CCc2ccccc2C1. The van der Waals surface area contributed by atoms with E-state index in [1.54, 1.807) is 12.1 Å². The molecule has 5 rings (SSSR count). The average molecular weight is 456 g/mol. The first kappa shape index (κ1) is 21.4. The second-order valence-electron chi connectivity index (χ2n) is 8.63. The molecule has 3 heterocycles. The number of fused-ring (bicyclic) bond motifs is 1. The van der Waals surface area contributed by atoms with Crippen LogP contribution in [0.25, 0.3) is 0 Å². The third-order valence-electron chi connectivity index (χ3n) is 6.67. The molecule has 170 valence electrons. The maximum absolute atomic E-state index is 13.7. The van der Waals surface area contributed by atoms with Gasteiger partial charge in [0.15, 0.2) is 0 Å². The minimum Gasteiger partial charge on any atom is -0.379 e. The zero-order chi connectivity index (χ0) is 22.1. The number of sulfonamides is 1. The standard InChI is InChI=1S/C24H29N3O4S/c28-24(26-12-9-19-5-1-2-6-20(19)18-26)22-17-21(7-8-23(22)25-10-3-4-11-25)32(29,30)27-13-15-31-16-14-27/h1-2,5-8,17H,3-4,9-16,18H2. The minimum atomic E-state index is -3.67. The van der Waals surface area contributed by atoms with Crippen molar-refractivity contribution in [2.45, 2.75) is 30.7 Å². The number of rotatable bonds is 4. The van der Waals surface area contributed by atoms with Crippen LogP contribution < -0.4 is 4.90 Å². The van der Waals surface area contributed by atoms with E-state index in [4.69, 9.17) is 4.74 Å². The largest absolute Gasteiger partial charge is 0.379 e. The van der Waals surface area contributed by atoms with Crippen LogP contribution >= 0.6 is 0 Å². The number of carbonyl (C=O) groups excluding carboxylic acids is 1. The van der Waals surface area contributed by atoms with E-state index in [1.165, 1.54) is 9.87 Å². The Morgan fingerprint density at radius 3 is 2.34 bits per heavy atom. The molecule has 0 aliphatic carbocycles. The van der Waals surface area contributed by atoms with E-state index in [1.807, 2.05) is 23.1 Å². The summed E-state index contributed by atoms with van der Waals surface area (Å²) in [6.07, 6.45) is 2.98. The van der Waals surface area contributed by atoms with Gasteiger partial charge in [0, 0.05) is 45.0 Å². The van der Waals surface area contributed by atoms with Gasteiger partial charge in [-0.2, -0.15) is 4.31 Å². The summed E-state index contributed by atoms with van der Waals surface area (Å²) in [5.41, 5.74) is 3.76. The monoisotopic (exact) mass is 455 g/mol. The lowest BCUT2D eigenvalue weighted by Gasteiger charge is -2.31. The topological polar surface area (TPSA) is 70.2 Å². The van der Waals surface area contributed by atoms with E-state index in [9.17, 15) is 13.2 Å². The second kappa shape index (κ2) is 8.84. The number of nitrogens with zero attached hydrogens (tertiary/aromatic N) is 3. The molecule has 2 aromatic carbocycles. The molecule has 0 atom stereocenters. The zero-order valence-corrected chi connectivity index (χ0v) is 19.0. The summed E-state index contributed by atoms with van der Waals surface area (Å²) in [6, 6.07) is 13.3. The zero-order valence-electron chi connectivity index (χ0n) is 18.2. The van der Waals surface area contributed by atoms with Crippen molar-refractivity contribution in [1.29, 1.82) is 0 Å². The van der Waals surface area contributed by atoms with Gasteiger partial charge in [0.25, 0.3) is 5.91 Å². The first-order chi connectivity index (χ1) is 15.5. The molecule has 0 spiro atoms. The van der Waals surface area contributed by atoms with Crippen molar-refractivity contribution >= 4 is 21.6 Å². The van der Waals surface area contributed by atoms with Gasteiger partial charge in [-0.1, -0.05) is 24.3 Å². The highest BCUT2D eigenvalue weighted by atomic mass is 32.2. The van der Waals surface area contributed by atoms with Crippen molar-refractivity contribution in [2.24, 2.45) is 0 Å². The molecule has 0 N–H and O–H groups in total. The van der Waals surface area contributed by atoms with Gasteiger partial charge in [-0.25, -0.2) is 8.42 Å². The number of hydrogen-bond acceptors (Lipinski definition) is 5. The number of anilines is 1. The summed E-state index contributed by atoms with van der Waals surface area (Å²) in [6.45, 7) is 4.42.